The second-order valence-electron chi connectivity index (χ2n) is 6.66. The van der Waals surface area contributed by atoms with E-state index in [0.717, 1.165) is 16.5 Å². The number of anilines is 2. The Hall–Kier alpha value is -4.25. The lowest BCUT2D eigenvalue weighted by molar-refractivity contribution is -0.111. The average Bonchev–Trinajstić information content (AvgIpc) is 2.78. The number of nitrogens with zero attached hydrogens (tertiary/aromatic N) is 1. The molecule has 1 aromatic heterocycles. The number of hydrogen-bond acceptors (Lipinski definition) is 3. The van der Waals surface area contributed by atoms with Crippen LogP contribution in [0.2, 0.25) is 0 Å². The van der Waals surface area contributed by atoms with E-state index in [1.165, 1.54) is 6.08 Å². The third-order valence-electron chi connectivity index (χ3n) is 4.46. The fraction of sp³-hybridized carbons (Fsp3) is 0. The molecule has 2 amide bonds. The molecule has 3 aromatic carbocycles. The molecular formula is C25H19N3O2. The molecular weight excluding hydrogens is 374 g/mol. The van der Waals surface area contributed by atoms with Gasteiger partial charge in [0.25, 0.3) is 5.91 Å². The number of aromatic nitrogens is 1. The molecule has 5 heteroatoms. The second kappa shape index (κ2) is 8.84. The van der Waals surface area contributed by atoms with E-state index in [4.69, 9.17) is 0 Å². The first-order valence-electron chi connectivity index (χ1n) is 9.49. The lowest BCUT2D eigenvalue weighted by atomic mass is 10.1. The fourth-order valence-corrected chi connectivity index (χ4v) is 2.98. The Kier molecular flexibility index (Phi) is 5.62. The molecule has 2 N–H and O–H groups in total. The first kappa shape index (κ1) is 19.1. The van der Waals surface area contributed by atoms with E-state index in [2.05, 4.69) is 15.6 Å². The largest absolute Gasteiger partial charge is 0.322 e. The maximum absolute atomic E-state index is 12.6. The summed E-state index contributed by atoms with van der Waals surface area (Å²) in [6.45, 7) is 0. The summed E-state index contributed by atoms with van der Waals surface area (Å²) in [6, 6.07) is 27.7. The molecule has 146 valence electrons. The van der Waals surface area contributed by atoms with Gasteiger partial charge < -0.3 is 10.6 Å². The second-order valence-corrected chi connectivity index (χ2v) is 6.66. The third kappa shape index (κ3) is 4.77. The molecule has 4 aromatic rings. The number of carbonyl (C=O) groups excluding carboxylic acids is 2. The molecule has 30 heavy (non-hydrogen) atoms. The number of fused-ring (bicyclic) bond motifs is 1. The Labute approximate surface area is 174 Å². The number of rotatable bonds is 5. The van der Waals surface area contributed by atoms with Crippen molar-refractivity contribution in [1.82, 2.24) is 4.98 Å². The van der Waals surface area contributed by atoms with Gasteiger partial charge in [-0.25, -0.2) is 4.98 Å². The minimum absolute atomic E-state index is 0.271. The molecule has 5 nitrogen and oxygen atoms in total. The minimum Gasteiger partial charge on any atom is -0.322 e. The van der Waals surface area contributed by atoms with Crippen molar-refractivity contribution >= 4 is 40.3 Å². The predicted molar refractivity (Wildman–Crippen MR) is 120 cm³/mol. The fourth-order valence-electron chi connectivity index (χ4n) is 2.98. The van der Waals surface area contributed by atoms with Crippen molar-refractivity contribution in [3.05, 3.63) is 108 Å². The number of benzene rings is 3. The summed E-state index contributed by atoms with van der Waals surface area (Å²) >= 11 is 0. The zero-order valence-electron chi connectivity index (χ0n) is 16.1. The molecule has 0 aliphatic carbocycles. The van der Waals surface area contributed by atoms with Crippen molar-refractivity contribution in [2.75, 3.05) is 10.6 Å². The van der Waals surface area contributed by atoms with Crippen LogP contribution in [0, 0.1) is 0 Å². The summed E-state index contributed by atoms with van der Waals surface area (Å²) in [6.07, 6.45) is 3.19. The van der Waals surface area contributed by atoms with Gasteiger partial charge in [0.2, 0.25) is 5.91 Å². The molecule has 0 aliphatic heterocycles. The minimum atomic E-state index is -0.297. The summed E-state index contributed by atoms with van der Waals surface area (Å²) in [5, 5.41) is 6.58. The molecule has 0 radical (unpaired) electrons. The van der Waals surface area contributed by atoms with Crippen LogP contribution in [0.15, 0.2) is 97.1 Å². The summed E-state index contributed by atoms with van der Waals surface area (Å²) in [7, 11) is 0. The zero-order valence-corrected chi connectivity index (χ0v) is 16.1. The molecule has 0 fully saturated rings. The molecule has 0 saturated heterocycles. The van der Waals surface area contributed by atoms with Gasteiger partial charge in [0.05, 0.1) is 5.52 Å². The molecule has 0 atom stereocenters. The molecule has 1 heterocycles. The van der Waals surface area contributed by atoms with Gasteiger partial charge in [0.15, 0.2) is 0 Å². The van der Waals surface area contributed by atoms with Gasteiger partial charge in [-0.15, -0.1) is 0 Å². The Bertz CT molecular complexity index is 1230. The van der Waals surface area contributed by atoms with Gasteiger partial charge in [-0.3, -0.25) is 9.59 Å². The van der Waals surface area contributed by atoms with Gasteiger partial charge in [0, 0.05) is 22.7 Å². The lowest BCUT2D eigenvalue weighted by Crippen LogP contribution is -2.14. The summed E-state index contributed by atoms with van der Waals surface area (Å²) in [5.74, 6) is -0.0970. The van der Waals surface area contributed by atoms with Gasteiger partial charge in [-0.2, -0.15) is 0 Å². The van der Waals surface area contributed by atoms with E-state index in [9.17, 15) is 9.59 Å². The van der Waals surface area contributed by atoms with Crippen LogP contribution in [0.3, 0.4) is 0 Å². The Morgan fingerprint density at radius 2 is 1.57 bits per heavy atom. The van der Waals surface area contributed by atoms with E-state index in [0.29, 0.717) is 17.1 Å². The van der Waals surface area contributed by atoms with Crippen molar-refractivity contribution in [2.45, 2.75) is 0 Å². The van der Waals surface area contributed by atoms with Crippen LogP contribution in [0.1, 0.15) is 15.9 Å². The van der Waals surface area contributed by atoms with Crippen molar-refractivity contribution < 1.29 is 9.59 Å². The van der Waals surface area contributed by atoms with Crippen LogP contribution >= 0.6 is 0 Å². The van der Waals surface area contributed by atoms with Crippen molar-refractivity contribution in [3.8, 4) is 0 Å². The number of pyridine rings is 1. The average molecular weight is 393 g/mol. The summed E-state index contributed by atoms with van der Waals surface area (Å²) < 4.78 is 0. The standard InChI is InChI=1S/C25H19N3O2/c29-24(16-13-18-7-2-1-3-8-18)26-21-11-6-10-20(17-21)25(30)28-23-15-14-19-9-4-5-12-22(19)27-23/h1-17H,(H,26,29)(H,27,28,30)/b16-13+. The van der Waals surface area contributed by atoms with E-state index < -0.39 is 0 Å². The van der Waals surface area contributed by atoms with Crippen LogP contribution in [-0.2, 0) is 4.79 Å². The lowest BCUT2D eigenvalue weighted by Gasteiger charge is -2.08. The van der Waals surface area contributed by atoms with E-state index in [1.54, 1.807) is 36.4 Å². The first-order chi connectivity index (χ1) is 14.7. The SMILES string of the molecule is O=C(/C=C/c1ccccc1)Nc1cccc(C(=O)Nc2ccc3ccccc3n2)c1. The zero-order chi connectivity index (χ0) is 20.8. The number of carbonyl (C=O) groups is 2. The topological polar surface area (TPSA) is 71.1 Å². The van der Waals surface area contributed by atoms with Crippen LogP contribution in [0.25, 0.3) is 17.0 Å². The molecule has 0 aliphatic rings. The predicted octanol–water partition coefficient (Wildman–Crippen LogP) is 5.14. The maximum Gasteiger partial charge on any atom is 0.256 e. The van der Waals surface area contributed by atoms with Gasteiger partial charge in [0.1, 0.15) is 5.82 Å². The van der Waals surface area contributed by atoms with Crippen LogP contribution in [0.5, 0.6) is 0 Å². The van der Waals surface area contributed by atoms with Gasteiger partial charge in [-0.1, -0.05) is 54.6 Å². The molecule has 0 unspecified atom stereocenters. The summed E-state index contributed by atoms with van der Waals surface area (Å²) in [5.41, 5.74) is 2.71. The van der Waals surface area contributed by atoms with Crippen LogP contribution < -0.4 is 10.6 Å². The van der Waals surface area contributed by atoms with Crippen molar-refractivity contribution in [2.24, 2.45) is 0 Å². The highest BCUT2D eigenvalue weighted by molar-refractivity contribution is 6.06. The third-order valence-corrected chi connectivity index (χ3v) is 4.46. The van der Waals surface area contributed by atoms with Gasteiger partial charge >= 0.3 is 0 Å². The quantitative estimate of drug-likeness (QED) is 0.461. The van der Waals surface area contributed by atoms with Crippen molar-refractivity contribution in [1.29, 1.82) is 0 Å². The highest BCUT2D eigenvalue weighted by Gasteiger charge is 2.09. The maximum atomic E-state index is 12.6. The van der Waals surface area contributed by atoms with Crippen molar-refractivity contribution in [3.63, 3.8) is 0 Å². The van der Waals surface area contributed by atoms with Crippen LogP contribution in [0.4, 0.5) is 11.5 Å². The molecule has 4 rings (SSSR count). The highest BCUT2D eigenvalue weighted by atomic mass is 16.2. The smallest absolute Gasteiger partial charge is 0.256 e. The number of nitrogens with one attached hydrogen (secondary N) is 2. The molecule has 0 spiro atoms. The Balaban J connectivity index is 1.43. The summed E-state index contributed by atoms with van der Waals surface area (Å²) in [4.78, 5) is 29.2. The molecule has 0 bridgehead atoms. The van der Waals surface area contributed by atoms with E-state index >= 15 is 0 Å². The Morgan fingerprint density at radius 1 is 0.767 bits per heavy atom. The number of hydrogen-bond donors (Lipinski definition) is 2. The molecule has 0 saturated carbocycles. The Morgan fingerprint density at radius 3 is 2.43 bits per heavy atom. The first-order valence-corrected chi connectivity index (χ1v) is 9.49. The van der Waals surface area contributed by atoms with Crippen LogP contribution in [-0.4, -0.2) is 16.8 Å². The monoisotopic (exact) mass is 393 g/mol. The van der Waals surface area contributed by atoms with E-state index in [-0.39, 0.29) is 11.8 Å². The van der Waals surface area contributed by atoms with E-state index in [1.807, 2.05) is 60.7 Å². The van der Waals surface area contributed by atoms with Gasteiger partial charge in [-0.05, 0) is 48.0 Å². The number of amides is 2. The highest BCUT2D eigenvalue weighted by Crippen LogP contribution is 2.17. The normalized spacial score (nSPS) is 10.8. The number of para-hydroxylation sites is 1.